The molecule has 4 nitrogen and oxygen atoms in total. The molecule has 0 aliphatic rings. The highest BCUT2D eigenvalue weighted by atomic mass is 16.5. The summed E-state index contributed by atoms with van der Waals surface area (Å²) in [5.74, 6) is 0.191. The van der Waals surface area contributed by atoms with Gasteiger partial charge in [-0.25, -0.2) is 0 Å². The number of hydrogen-bond donors (Lipinski definition) is 1. The highest BCUT2D eigenvalue weighted by Crippen LogP contribution is 2.05. The zero-order chi connectivity index (χ0) is 8.27. The Bertz CT molecular complexity index is 249. The van der Waals surface area contributed by atoms with Gasteiger partial charge in [0.25, 0.3) is 0 Å². The van der Waals surface area contributed by atoms with Gasteiger partial charge in [0.1, 0.15) is 0 Å². The van der Waals surface area contributed by atoms with E-state index >= 15 is 0 Å². The summed E-state index contributed by atoms with van der Waals surface area (Å²) < 4.78 is 5.32. The van der Waals surface area contributed by atoms with Crippen LogP contribution in [0.2, 0.25) is 0 Å². The van der Waals surface area contributed by atoms with Gasteiger partial charge in [-0.2, -0.15) is 0 Å². The minimum absolute atomic E-state index is 0.0861. The van der Waals surface area contributed by atoms with Gasteiger partial charge in [0.05, 0.1) is 19.8 Å². The Hall–Kier alpha value is -1.29. The number of aromatic nitrogens is 1. The van der Waals surface area contributed by atoms with Crippen molar-refractivity contribution in [2.24, 2.45) is 0 Å². The van der Waals surface area contributed by atoms with Gasteiger partial charge < -0.3 is 15.1 Å². The molecule has 0 bridgehead atoms. The molecule has 0 fully saturated rings. The van der Waals surface area contributed by atoms with Crippen LogP contribution in [-0.2, 0) is 6.61 Å². The van der Waals surface area contributed by atoms with Crippen LogP contribution in [0, 0.1) is 5.21 Å². The van der Waals surface area contributed by atoms with E-state index in [1.807, 2.05) is 0 Å². The van der Waals surface area contributed by atoms with Gasteiger partial charge in [0.2, 0.25) is 0 Å². The van der Waals surface area contributed by atoms with Gasteiger partial charge in [0.15, 0.2) is 6.20 Å². The minimum atomic E-state index is -0.0861. The van der Waals surface area contributed by atoms with E-state index in [2.05, 4.69) is 0 Å². The van der Waals surface area contributed by atoms with Crippen molar-refractivity contribution < 1.29 is 14.6 Å². The molecule has 0 aliphatic heterocycles. The van der Waals surface area contributed by atoms with Crippen LogP contribution in [0.4, 0.5) is 0 Å². The van der Waals surface area contributed by atoms with Gasteiger partial charge >= 0.3 is 5.88 Å². The number of aliphatic hydroxyl groups is 1. The fourth-order valence-electron chi connectivity index (χ4n) is 0.754. The first-order valence-corrected chi connectivity index (χ1v) is 3.15. The molecule has 0 saturated heterocycles. The van der Waals surface area contributed by atoms with Gasteiger partial charge in [-0.15, -0.1) is 4.73 Å². The first-order chi connectivity index (χ1) is 5.27. The number of aliphatic hydroxyl groups excluding tert-OH is 1. The number of ether oxygens (including phenoxy) is 1. The van der Waals surface area contributed by atoms with Crippen molar-refractivity contribution in [2.45, 2.75) is 6.61 Å². The Labute approximate surface area is 64.2 Å². The summed E-state index contributed by atoms with van der Waals surface area (Å²) in [4.78, 5) is 0. The fraction of sp³-hybridized carbons (Fsp3) is 0.286. The van der Waals surface area contributed by atoms with Crippen molar-refractivity contribution in [1.82, 2.24) is 0 Å². The van der Waals surface area contributed by atoms with Gasteiger partial charge in [-0.1, -0.05) is 0 Å². The second kappa shape index (κ2) is 3.21. The zero-order valence-electron chi connectivity index (χ0n) is 6.15. The van der Waals surface area contributed by atoms with E-state index in [1.54, 1.807) is 0 Å². The quantitative estimate of drug-likeness (QED) is 0.476. The van der Waals surface area contributed by atoms with E-state index < -0.39 is 0 Å². The third-order valence-corrected chi connectivity index (χ3v) is 1.34. The van der Waals surface area contributed by atoms with E-state index in [1.165, 1.54) is 25.4 Å². The minimum Gasteiger partial charge on any atom is -0.616 e. The van der Waals surface area contributed by atoms with E-state index in [-0.39, 0.29) is 12.5 Å². The summed E-state index contributed by atoms with van der Waals surface area (Å²) in [6.45, 7) is -0.0861. The smallest absolute Gasteiger partial charge is 0.379 e. The average molecular weight is 155 g/mol. The number of pyridine rings is 1. The fourth-order valence-corrected chi connectivity index (χ4v) is 0.754. The molecule has 4 heteroatoms. The normalized spacial score (nSPS) is 9.64. The second-order valence-corrected chi connectivity index (χ2v) is 2.06. The number of methoxy groups -OCH3 is 1. The summed E-state index contributed by atoms with van der Waals surface area (Å²) in [5.41, 5.74) is 0.661. The summed E-state index contributed by atoms with van der Waals surface area (Å²) >= 11 is 0. The van der Waals surface area contributed by atoms with Crippen LogP contribution >= 0.6 is 0 Å². The van der Waals surface area contributed by atoms with Crippen LogP contribution in [0.15, 0.2) is 18.3 Å². The molecule has 1 aromatic heterocycles. The van der Waals surface area contributed by atoms with Crippen molar-refractivity contribution >= 4 is 0 Å². The van der Waals surface area contributed by atoms with Crippen molar-refractivity contribution in [2.75, 3.05) is 7.11 Å². The third kappa shape index (κ3) is 1.59. The van der Waals surface area contributed by atoms with Crippen molar-refractivity contribution in [1.29, 1.82) is 0 Å². The first-order valence-electron chi connectivity index (χ1n) is 3.15. The van der Waals surface area contributed by atoms with Crippen LogP contribution in [0.1, 0.15) is 5.56 Å². The zero-order valence-corrected chi connectivity index (χ0v) is 6.15. The molecule has 0 radical (unpaired) electrons. The number of rotatable bonds is 2. The van der Waals surface area contributed by atoms with E-state index in [4.69, 9.17) is 9.84 Å². The second-order valence-electron chi connectivity index (χ2n) is 2.06. The van der Waals surface area contributed by atoms with Gasteiger partial charge in [-0.05, 0) is 5.56 Å². The molecule has 0 aromatic carbocycles. The maximum absolute atomic E-state index is 10.8. The standard InChI is InChI=1S/C7H9NO3/c1-11-7-4-6(5-9)2-3-8(7)10/h2-4,9H,5H2,1H3. The van der Waals surface area contributed by atoms with Crippen LogP contribution in [0.5, 0.6) is 5.88 Å². The van der Waals surface area contributed by atoms with Crippen molar-refractivity contribution in [3.05, 3.63) is 29.1 Å². The predicted molar refractivity (Wildman–Crippen MR) is 37.9 cm³/mol. The van der Waals surface area contributed by atoms with Crippen LogP contribution in [0.3, 0.4) is 0 Å². The Morgan fingerprint density at radius 2 is 2.45 bits per heavy atom. The maximum atomic E-state index is 10.8. The molecule has 1 N–H and O–H groups in total. The first kappa shape index (κ1) is 7.81. The van der Waals surface area contributed by atoms with Crippen molar-refractivity contribution in [3.63, 3.8) is 0 Å². The Kier molecular flexibility index (Phi) is 2.28. The highest BCUT2D eigenvalue weighted by Gasteiger charge is 2.04. The van der Waals surface area contributed by atoms with Crippen molar-refractivity contribution in [3.8, 4) is 5.88 Å². The molecule has 0 saturated carbocycles. The molecule has 0 amide bonds. The third-order valence-electron chi connectivity index (χ3n) is 1.34. The monoisotopic (exact) mass is 155 g/mol. The predicted octanol–water partition coefficient (Wildman–Crippen LogP) is -0.179. The Morgan fingerprint density at radius 3 is 3.00 bits per heavy atom. The largest absolute Gasteiger partial charge is 0.616 e. The molecule has 0 unspecified atom stereocenters. The lowest BCUT2D eigenvalue weighted by Crippen LogP contribution is -2.27. The van der Waals surface area contributed by atoms with Crippen LogP contribution < -0.4 is 9.47 Å². The topological polar surface area (TPSA) is 56.4 Å². The molecule has 1 rings (SSSR count). The van der Waals surface area contributed by atoms with Crippen LogP contribution in [-0.4, -0.2) is 12.2 Å². The molecule has 0 aliphatic carbocycles. The lowest BCUT2D eigenvalue weighted by Gasteiger charge is -2.02. The molecule has 11 heavy (non-hydrogen) atoms. The molecular weight excluding hydrogens is 146 g/mol. The van der Waals surface area contributed by atoms with E-state index in [0.29, 0.717) is 10.3 Å². The maximum Gasteiger partial charge on any atom is 0.379 e. The summed E-state index contributed by atoms with van der Waals surface area (Å²) in [6, 6.07) is 3.03. The summed E-state index contributed by atoms with van der Waals surface area (Å²) in [6.07, 6.45) is 1.30. The van der Waals surface area contributed by atoms with E-state index in [0.717, 1.165) is 0 Å². The van der Waals surface area contributed by atoms with Gasteiger partial charge in [-0.3, -0.25) is 0 Å². The van der Waals surface area contributed by atoms with Crippen LogP contribution in [0.25, 0.3) is 0 Å². The molecule has 1 heterocycles. The number of nitrogens with zero attached hydrogens (tertiary/aromatic N) is 1. The molecule has 0 atom stereocenters. The summed E-state index contributed by atoms with van der Waals surface area (Å²) in [5, 5.41) is 19.5. The SMILES string of the molecule is COc1cc(CO)cc[n+]1[O-]. The molecule has 1 aromatic rings. The van der Waals surface area contributed by atoms with Gasteiger partial charge in [0, 0.05) is 6.07 Å². The van der Waals surface area contributed by atoms with E-state index in [9.17, 15) is 5.21 Å². The Morgan fingerprint density at radius 1 is 1.73 bits per heavy atom. The lowest BCUT2D eigenvalue weighted by atomic mass is 10.3. The lowest BCUT2D eigenvalue weighted by molar-refractivity contribution is -0.612. The molecule has 0 spiro atoms. The number of hydrogen-bond acceptors (Lipinski definition) is 3. The molecule has 60 valence electrons. The summed E-state index contributed by atoms with van der Waals surface area (Å²) in [7, 11) is 1.41. The highest BCUT2D eigenvalue weighted by molar-refractivity contribution is 5.15. The Balaban J connectivity index is 3.02. The average Bonchev–Trinajstić information content (AvgIpc) is 2.05. The molecular formula is C7H9NO3.